The summed E-state index contributed by atoms with van der Waals surface area (Å²) in [5, 5.41) is 0. The number of carbonyl (C=O) groups is 2. The van der Waals surface area contributed by atoms with Crippen LogP contribution in [0.5, 0.6) is 0 Å². The van der Waals surface area contributed by atoms with E-state index in [2.05, 4.69) is 4.98 Å². The number of carbonyl (C=O) groups excluding carboxylic acids is 2. The number of piperidine rings is 1. The normalized spacial score (nSPS) is 19.1. The van der Waals surface area contributed by atoms with Crippen molar-refractivity contribution in [1.29, 1.82) is 0 Å². The smallest absolute Gasteiger partial charge is 0.328 e. The number of aromatic nitrogens is 1. The summed E-state index contributed by atoms with van der Waals surface area (Å²) < 4.78 is 4.79. The summed E-state index contributed by atoms with van der Waals surface area (Å²) in [6.07, 6.45) is 4.17. The number of methoxy groups -OCH3 is 1. The van der Waals surface area contributed by atoms with Gasteiger partial charge in [-0.25, -0.2) is 4.79 Å². The van der Waals surface area contributed by atoms with Crippen LogP contribution in [-0.2, 0) is 9.53 Å². The van der Waals surface area contributed by atoms with Crippen molar-refractivity contribution in [3.63, 3.8) is 0 Å². The number of hydrogen-bond acceptors (Lipinski definition) is 4. The maximum atomic E-state index is 12.5. The molecule has 1 amide bonds. The zero-order valence-corrected chi connectivity index (χ0v) is 11.3. The van der Waals surface area contributed by atoms with E-state index in [0.29, 0.717) is 24.2 Å². The first-order valence-corrected chi connectivity index (χ1v) is 6.45. The predicted molar refractivity (Wildman–Crippen MR) is 69.7 cm³/mol. The molecule has 1 aliphatic rings. The molecule has 1 saturated heterocycles. The number of nitrogens with zero attached hydrogens (tertiary/aromatic N) is 2. The number of hydrogen-bond donors (Lipinski definition) is 0. The first-order valence-electron chi connectivity index (χ1n) is 6.45. The summed E-state index contributed by atoms with van der Waals surface area (Å²) in [7, 11) is 1.36. The number of amides is 1. The molecule has 0 bridgehead atoms. The molecule has 0 aliphatic carbocycles. The van der Waals surface area contributed by atoms with E-state index in [-0.39, 0.29) is 11.9 Å². The van der Waals surface area contributed by atoms with Gasteiger partial charge in [0.15, 0.2) is 0 Å². The van der Waals surface area contributed by atoms with Gasteiger partial charge in [-0.15, -0.1) is 0 Å². The number of aryl methyl sites for hydroxylation is 1. The third-order valence-corrected chi connectivity index (χ3v) is 3.47. The van der Waals surface area contributed by atoms with Crippen LogP contribution in [0, 0.1) is 6.92 Å². The lowest BCUT2D eigenvalue weighted by atomic mass is 10.0. The molecule has 2 rings (SSSR count). The second-order valence-electron chi connectivity index (χ2n) is 4.67. The van der Waals surface area contributed by atoms with E-state index in [0.717, 1.165) is 12.8 Å². The van der Waals surface area contributed by atoms with E-state index in [9.17, 15) is 9.59 Å². The zero-order chi connectivity index (χ0) is 13.8. The Morgan fingerprint density at radius 1 is 1.42 bits per heavy atom. The van der Waals surface area contributed by atoms with Crippen LogP contribution in [0.1, 0.15) is 35.3 Å². The van der Waals surface area contributed by atoms with E-state index < -0.39 is 6.04 Å². The maximum absolute atomic E-state index is 12.5. The van der Waals surface area contributed by atoms with Gasteiger partial charge in [0.05, 0.1) is 12.7 Å². The van der Waals surface area contributed by atoms with Crippen LogP contribution in [0.2, 0.25) is 0 Å². The highest BCUT2D eigenvalue weighted by atomic mass is 16.5. The Bertz CT molecular complexity index is 487. The minimum absolute atomic E-state index is 0.138. The van der Waals surface area contributed by atoms with Crippen LogP contribution in [0.3, 0.4) is 0 Å². The van der Waals surface area contributed by atoms with Gasteiger partial charge in [-0.1, -0.05) is 0 Å². The molecule has 0 aromatic carbocycles. The van der Waals surface area contributed by atoms with E-state index in [1.165, 1.54) is 7.11 Å². The second kappa shape index (κ2) is 5.82. The molecule has 1 aromatic heterocycles. The first-order chi connectivity index (χ1) is 9.15. The highest BCUT2D eigenvalue weighted by Gasteiger charge is 2.33. The van der Waals surface area contributed by atoms with Gasteiger partial charge < -0.3 is 9.64 Å². The third-order valence-electron chi connectivity index (χ3n) is 3.47. The van der Waals surface area contributed by atoms with Crippen molar-refractivity contribution in [2.75, 3.05) is 13.7 Å². The van der Waals surface area contributed by atoms with E-state index in [1.807, 2.05) is 0 Å². The molecule has 0 radical (unpaired) electrons. The van der Waals surface area contributed by atoms with Crippen LogP contribution in [-0.4, -0.2) is 41.5 Å². The van der Waals surface area contributed by atoms with Crippen LogP contribution >= 0.6 is 0 Å². The van der Waals surface area contributed by atoms with Crippen LogP contribution in [0.4, 0.5) is 0 Å². The number of likely N-dealkylation sites (tertiary alicyclic amines) is 1. The Balaban J connectivity index is 2.25. The number of rotatable bonds is 2. The van der Waals surface area contributed by atoms with Gasteiger partial charge in [0, 0.05) is 18.4 Å². The van der Waals surface area contributed by atoms with Crippen LogP contribution in [0.25, 0.3) is 0 Å². The van der Waals surface area contributed by atoms with Gasteiger partial charge in [0.1, 0.15) is 6.04 Å². The number of pyridine rings is 1. The molecule has 0 N–H and O–H groups in total. The lowest BCUT2D eigenvalue weighted by Gasteiger charge is -2.34. The summed E-state index contributed by atoms with van der Waals surface area (Å²) >= 11 is 0. The lowest BCUT2D eigenvalue weighted by Crippen LogP contribution is -2.48. The van der Waals surface area contributed by atoms with Gasteiger partial charge in [-0.05, 0) is 38.3 Å². The molecular weight excluding hydrogens is 244 g/mol. The van der Waals surface area contributed by atoms with Crippen molar-refractivity contribution in [2.24, 2.45) is 0 Å². The Hall–Kier alpha value is -1.91. The highest BCUT2D eigenvalue weighted by molar-refractivity contribution is 5.97. The lowest BCUT2D eigenvalue weighted by molar-refractivity contribution is -0.147. The average Bonchev–Trinajstić information content (AvgIpc) is 2.46. The minimum Gasteiger partial charge on any atom is -0.467 e. The van der Waals surface area contributed by atoms with Gasteiger partial charge >= 0.3 is 5.97 Å². The molecule has 0 unspecified atom stereocenters. The molecule has 1 atom stereocenters. The van der Waals surface area contributed by atoms with Gasteiger partial charge in [0.25, 0.3) is 5.91 Å². The Kier molecular flexibility index (Phi) is 4.14. The van der Waals surface area contributed by atoms with Gasteiger partial charge in [-0.2, -0.15) is 0 Å². The maximum Gasteiger partial charge on any atom is 0.328 e. The summed E-state index contributed by atoms with van der Waals surface area (Å²) in [6.45, 7) is 2.39. The van der Waals surface area contributed by atoms with Crippen molar-refractivity contribution in [1.82, 2.24) is 9.88 Å². The molecule has 1 aromatic rings. The van der Waals surface area contributed by atoms with Gasteiger partial charge in [-0.3, -0.25) is 9.78 Å². The summed E-state index contributed by atoms with van der Waals surface area (Å²) in [4.78, 5) is 30.0. The minimum atomic E-state index is -0.467. The fourth-order valence-electron chi connectivity index (χ4n) is 2.42. The monoisotopic (exact) mass is 262 g/mol. The molecular formula is C14H18N2O3. The molecule has 2 heterocycles. The topological polar surface area (TPSA) is 59.5 Å². The Morgan fingerprint density at radius 2 is 2.21 bits per heavy atom. The SMILES string of the molecule is COC(=O)[C@H]1CCCCN1C(=O)c1cccnc1C. The van der Waals surface area contributed by atoms with Crippen molar-refractivity contribution in [3.8, 4) is 0 Å². The highest BCUT2D eigenvalue weighted by Crippen LogP contribution is 2.21. The van der Waals surface area contributed by atoms with E-state index in [1.54, 1.807) is 30.2 Å². The van der Waals surface area contributed by atoms with Crippen molar-refractivity contribution < 1.29 is 14.3 Å². The van der Waals surface area contributed by atoms with Gasteiger partial charge in [0.2, 0.25) is 0 Å². The van der Waals surface area contributed by atoms with Crippen molar-refractivity contribution in [3.05, 3.63) is 29.6 Å². The second-order valence-corrected chi connectivity index (χ2v) is 4.67. The number of esters is 1. The molecule has 5 heteroatoms. The Labute approximate surface area is 112 Å². The number of ether oxygens (including phenoxy) is 1. The molecule has 0 spiro atoms. The summed E-state index contributed by atoms with van der Waals surface area (Å²) in [5.74, 6) is -0.477. The molecule has 1 fully saturated rings. The quantitative estimate of drug-likeness (QED) is 0.759. The van der Waals surface area contributed by atoms with Crippen molar-refractivity contribution >= 4 is 11.9 Å². The molecule has 5 nitrogen and oxygen atoms in total. The molecule has 19 heavy (non-hydrogen) atoms. The third kappa shape index (κ3) is 2.75. The standard InChI is InChI=1S/C14H18N2O3/c1-10-11(6-5-8-15-10)13(17)16-9-4-3-7-12(16)14(18)19-2/h5-6,8,12H,3-4,7,9H2,1-2H3/t12-/m1/s1. The van der Waals surface area contributed by atoms with E-state index >= 15 is 0 Å². The first kappa shape index (κ1) is 13.5. The summed E-state index contributed by atoms with van der Waals surface area (Å²) in [5.41, 5.74) is 1.24. The van der Waals surface area contributed by atoms with Crippen molar-refractivity contribution in [2.45, 2.75) is 32.2 Å². The average molecular weight is 262 g/mol. The van der Waals surface area contributed by atoms with Crippen LogP contribution in [0.15, 0.2) is 18.3 Å². The molecule has 1 aliphatic heterocycles. The fraction of sp³-hybridized carbons (Fsp3) is 0.500. The summed E-state index contributed by atoms with van der Waals surface area (Å²) in [6, 6.07) is 3.01. The zero-order valence-electron chi connectivity index (χ0n) is 11.3. The molecule has 102 valence electrons. The molecule has 0 saturated carbocycles. The Morgan fingerprint density at radius 3 is 2.89 bits per heavy atom. The van der Waals surface area contributed by atoms with E-state index in [4.69, 9.17) is 4.74 Å². The fourth-order valence-corrected chi connectivity index (χ4v) is 2.42. The predicted octanol–water partition coefficient (Wildman–Crippen LogP) is 1.56. The largest absolute Gasteiger partial charge is 0.467 e. The van der Waals surface area contributed by atoms with Crippen LogP contribution < -0.4 is 0 Å².